The Morgan fingerprint density at radius 2 is 1.74 bits per heavy atom. The summed E-state index contributed by atoms with van der Waals surface area (Å²) in [5.74, 6) is 1.54. The number of ether oxygens (including phenoxy) is 3. The van der Waals surface area contributed by atoms with Crippen molar-refractivity contribution < 1.29 is 19.0 Å². The molecular formula is C27H29N3O4. The molecule has 0 saturated carbocycles. The van der Waals surface area contributed by atoms with Crippen molar-refractivity contribution in [3.63, 3.8) is 0 Å². The van der Waals surface area contributed by atoms with Gasteiger partial charge in [0.2, 0.25) is 0 Å². The minimum Gasteiger partial charge on any atom is -0.497 e. The van der Waals surface area contributed by atoms with E-state index in [1.54, 1.807) is 14.2 Å². The first-order chi connectivity index (χ1) is 16.7. The molecule has 3 aromatic rings. The highest BCUT2D eigenvalue weighted by atomic mass is 16.5. The van der Waals surface area contributed by atoms with E-state index in [1.165, 1.54) is 0 Å². The lowest BCUT2D eigenvalue weighted by Crippen LogP contribution is -2.43. The van der Waals surface area contributed by atoms with Gasteiger partial charge in [-0.05, 0) is 54.1 Å². The number of nitrogens with one attached hydrogen (secondary N) is 1. The highest BCUT2D eigenvalue weighted by Crippen LogP contribution is 2.38. The van der Waals surface area contributed by atoms with Crippen molar-refractivity contribution in [3.8, 4) is 11.5 Å². The molecule has 0 aliphatic carbocycles. The van der Waals surface area contributed by atoms with Gasteiger partial charge in [0.15, 0.2) is 0 Å². The molecule has 1 fully saturated rings. The molecule has 1 amide bonds. The van der Waals surface area contributed by atoms with E-state index in [-0.39, 0.29) is 12.1 Å². The first-order valence-electron chi connectivity index (χ1n) is 11.5. The second kappa shape index (κ2) is 9.75. The van der Waals surface area contributed by atoms with Crippen LogP contribution in [0.4, 0.5) is 11.4 Å². The number of benzene rings is 3. The minimum atomic E-state index is -0.370. The van der Waals surface area contributed by atoms with Gasteiger partial charge in [-0.2, -0.15) is 0 Å². The van der Waals surface area contributed by atoms with Crippen LogP contribution in [0, 0.1) is 0 Å². The van der Waals surface area contributed by atoms with E-state index in [2.05, 4.69) is 16.3 Å². The van der Waals surface area contributed by atoms with Gasteiger partial charge in [-0.3, -0.25) is 14.6 Å². The number of para-hydroxylation sites is 1. The van der Waals surface area contributed by atoms with Crippen LogP contribution in [0.15, 0.2) is 66.7 Å². The Hall–Kier alpha value is -3.55. The van der Waals surface area contributed by atoms with E-state index in [1.807, 2.05) is 65.6 Å². The number of amides is 1. The van der Waals surface area contributed by atoms with Crippen LogP contribution < -0.4 is 19.7 Å². The second-order valence-corrected chi connectivity index (χ2v) is 8.43. The van der Waals surface area contributed by atoms with Gasteiger partial charge in [-0.25, -0.2) is 0 Å². The molecule has 1 N–H and O–H groups in total. The summed E-state index contributed by atoms with van der Waals surface area (Å²) in [5.41, 5.74) is 4.35. The van der Waals surface area contributed by atoms with Gasteiger partial charge < -0.3 is 19.5 Å². The number of nitrogens with zero attached hydrogens (tertiary/aromatic N) is 2. The first-order valence-corrected chi connectivity index (χ1v) is 11.5. The molecule has 1 saturated heterocycles. The highest BCUT2D eigenvalue weighted by Gasteiger charge is 2.34. The standard InChI is InChI=1S/C27H29N3O4/c1-32-22-10-8-21(9-11-22)30-26(28-24-6-4-3-5-23(24)27(30)31)19-7-12-25(33-2)20(17-19)18-29-13-15-34-16-14-29/h3-12,17,26,28H,13-16,18H2,1-2H3/t26-/m0/s1. The van der Waals surface area contributed by atoms with E-state index >= 15 is 0 Å². The smallest absolute Gasteiger partial charge is 0.262 e. The molecule has 0 aromatic heterocycles. The number of anilines is 2. The molecule has 0 spiro atoms. The van der Waals surface area contributed by atoms with Gasteiger partial charge in [0.05, 0.1) is 33.0 Å². The topological polar surface area (TPSA) is 63.3 Å². The van der Waals surface area contributed by atoms with Gasteiger partial charge in [-0.1, -0.05) is 18.2 Å². The number of rotatable bonds is 6. The average molecular weight is 460 g/mol. The molecule has 2 heterocycles. The number of hydrogen-bond donors (Lipinski definition) is 1. The average Bonchev–Trinajstić information content (AvgIpc) is 2.89. The number of methoxy groups -OCH3 is 2. The quantitative estimate of drug-likeness (QED) is 0.593. The lowest BCUT2D eigenvalue weighted by molar-refractivity contribution is 0.0338. The molecule has 7 nitrogen and oxygen atoms in total. The molecule has 1 atom stereocenters. The number of morpholine rings is 1. The van der Waals surface area contributed by atoms with Gasteiger partial charge in [0, 0.05) is 36.6 Å². The van der Waals surface area contributed by atoms with Gasteiger partial charge in [-0.15, -0.1) is 0 Å². The van der Waals surface area contributed by atoms with Crippen LogP contribution in [0.5, 0.6) is 11.5 Å². The van der Waals surface area contributed by atoms with E-state index in [0.29, 0.717) is 5.56 Å². The maximum Gasteiger partial charge on any atom is 0.262 e. The van der Waals surface area contributed by atoms with Gasteiger partial charge >= 0.3 is 0 Å². The van der Waals surface area contributed by atoms with Crippen LogP contribution in [0.2, 0.25) is 0 Å². The monoisotopic (exact) mass is 459 g/mol. The number of carbonyl (C=O) groups is 1. The summed E-state index contributed by atoms with van der Waals surface area (Å²) in [5, 5.41) is 3.59. The zero-order valence-corrected chi connectivity index (χ0v) is 19.5. The van der Waals surface area contributed by atoms with Crippen molar-refractivity contribution in [1.82, 2.24) is 4.90 Å². The van der Waals surface area contributed by atoms with E-state index < -0.39 is 0 Å². The van der Waals surface area contributed by atoms with Crippen LogP contribution >= 0.6 is 0 Å². The Bertz CT molecular complexity index is 1160. The largest absolute Gasteiger partial charge is 0.497 e. The Labute approximate surface area is 199 Å². The van der Waals surface area contributed by atoms with E-state index in [0.717, 1.165) is 66.8 Å². The maximum atomic E-state index is 13.7. The van der Waals surface area contributed by atoms with E-state index in [4.69, 9.17) is 14.2 Å². The third kappa shape index (κ3) is 4.32. The van der Waals surface area contributed by atoms with Crippen molar-refractivity contribution in [2.24, 2.45) is 0 Å². The Morgan fingerprint density at radius 1 is 0.971 bits per heavy atom. The number of carbonyl (C=O) groups excluding carboxylic acids is 1. The van der Waals surface area contributed by atoms with E-state index in [9.17, 15) is 4.79 Å². The third-order valence-electron chi connectivity index (χ3n) is 6.40. The fraction of sp³-hybridized carbons (Fsp3) is 0.296. The Kier molecular flexibility index (Phi) is 6.38. The molecule has 0 bridgehead atoms. The maximum absolute atomic E-state index is 13.7. The molecule has 7 heteroatoms. The Morgan fingerprint density at radius 3 is 2.47 bits per heavy atom. The minimum absolute atomic E-state index is 0.0462. The van der Waals surface area contributed by atoms with Crippen molar-refractivity contribution >= 4 is 17.3 Å². The van der Waals surface area contributed by atoms with Crippen molar-refractivity contribution in [2.45, 2.75) is 12.7 Å². The molecule has 0 radical (unpaired) electrons. The zero-order chi connectivity index (χ0) is 23.5. The fourth-order valence-corrected chi connectivity index (χ4v) is 4.59. The summed E-state index contributed by atoms with van der Waals surface area (Å²) in [7, 11) is 3.33. The van der Waals surface area contributed by atoms with Crippen LogP contribution in [0.1, 0.15) is 27.7 Å². The molecule has 2 aliphatic rings. The second-order valence-electron chi connectivity index (χ2n) is 8.43. The molecule has 0 unspecified atom stereocenters. The van der Waals surface area contributed by atoms with Crippen molar-refractivity contribution in [1.29, 1.82) is 0 Å². The summed E-state index contributed by atoms with van der Waals surface area (Å²) in [6.45, 7) is 4.02. The molecule has 3 aromatic carbocycles. The van der Waals surface area contributed by atoms with Gasteiger partial charge in [0.1, 0.15) is 17.7 Å². The summed E-state index contributed by atoms with van der Waals surface area (Å²) >= 11 is 0. The molecule has 34 heavy (non-hydrogen) atoms. The predicted octanol–water partition coefficient (Wildman–Crippen LogP) is 4.31. The van der Waals surface area contributed by atoms with Crippen molar-refractivity contribution in [2.75, 3.05) is 50.7 Å². The normalized spacial score (nSPS) is 18.2. The predicted molar refractivity (Wildman–Crippen MR) is 132 cm³/mol. The summed E-state index contributed by atoms with van der Waals surface area (Å²) in [4.78, 5) is 17.9. The molecule has 5 rings (SSSR count). The lowest BCUT2D eigenvalue weighted by atomic mass is 10.00. The van der Waals surface area contributed by atoms with Crippen LogP contribution in [-0.2, 0) is 11.3 Å². The summed E-state index contributed by atoms with van der Waals surface area (Å²) in [6.07, 6.45) is -0.370. The lowest BCUT2D eigenvalue weighted by Gasteiger charge is -2.38. The van der Waals surface area contributed by atoms with Gasteiger partial charge in [0.25, 0.3) is 5.91 Å². The van der Waals surface area contributed by atoms with Crippen molar-refractivity contribution in [3.05, 3.63) is 83.4 Å². The van der Waals surface area contributed by atoms with Crippen LogP contribution in [0.25, 0.3) is 0 Å². The third-order valence-corrected chi connectivity index (χ3v) is 6.40. The van der Waals surface area contributed by atoms with Crippen LogP contribution in [0.3, 0.4) is 0 Å². The summed E-state index contributed by atoms with van der Waals surface area (Å²) < 4.78 is 16.5. The first kappa shape index (κ1) is 22.3. The molecular weight excluding hydrogens is 430 g/mol. The molecule has 176 valence electrons. The summed E-state index contributed by atoms with van der Waals surface area (Å²) in [6, 6.07) is 21.4. The van der Waals surface area contributed by atoms with Crippen LogP contribution in [-0.4, -0.2) is 51.3 Å². The fourth-order valence-electron chi connectivity index (χ4n) is 4.59. The highest BCUT2D eigenvalue weighted by molar-refractivity contribution is 6.12. The number of fused-ring (bicyclic) bond motifs is 1. The SMILES string of the molecule is COc1ccc(N2C(=O)c3ccccc3N[C@@H]2c2ccc(OC)c(CN3CCOCC3)c2)cc1. The Balaban J connectivity index is 1.55. The molecule has 2 aliphatic heterocycles. The number of hydrogen-bond acceptors (Lipinski definition) is 6. The zero-order valence-electron chi connectivity index (χ0n) is 19.5.